The number of aryl methyl sites for hydroxylation is 1. The van der Waals surface area contributed by atoms with Crippen molar-refractivity contribution in [2.45, 2.75) is 39.9 Å². The van der Waals surface area contributed by atoms with Crippen molar-refractivity contribution >= 4 is 28.7 Å². The molecule has 1 aliphatic heterocycles. The molecule has 5 rings (SSSR count). The van der Waals surface area contributed by atoms with Crippen LogP contribution in [0.25, 0.3) is 11.0 Å². The van der Waals surface area contributed by atoms with Crippen LogP contribution in [-0.2, 0) is 24.4 Å². The lowest BCUT2D eigenvalue weighted by atomic mass is 10.1. The maximum atomic E-state index is 13.0. The molecule has 0 atom stereocenters. The van der Waals surface area contributed by atoms with E-state index in [1.807, 2.05) is 43.3 Å². The van der Waals surface area contributed by atoms with E-state index in [2.05, 4.69) is 29.2 Å². The van der Waals surface area contributed by atoms with Crippen molar-refractivity contribution in [3.63, 3.8) is 0 Å². The number of methoxy groups -OCH3 is 2. The summed E-state index contributed by atoms with van der Waals surface area (Å²) in [7, 11) is 3.32. The first-order valence-electron chi connectivity index (χ1n) is 12.7. The molecule has 0 unspecified atom stereocenters. The van der Waals surface area contributed by atoms with Crippen LogP contribution in [0.1, 0.15) is 40.5 Å². The quantitative estimate of drug-likeness (QED) is 0.348. The van der Waals surface area contributed by atoms with Gasteiger partial charge in [-0.1, -0.05) is 24.3 Å². The van der Waals surface area contributed by atoms with Crippen molar-refractivity contribution in [3.8, 4) is 11.5 Å². The average molecular weight is 513 g/mol. The van der Waals surface area contributed by atoms with Gasteiger partial charge in [0.2, 0.25) is 11.8 Å². The summed E-state index contributed by atoms with van der Waals surface area (Å²) < 4.78 is 12.4. The molecule has 0 N–H and O–H groups in total. The Morgan fingerprint density at radius 1 is 0.947 bits per heavy atom. The maximum Gasteiger partial charge on any atom is 0.233 e. The van der Waals surface area contributed by atoms with Crippen molar-refractivity contribution in [1.82, 2.24) is 14.5 Å². The molecule has 0 bridgehead atoms. The third-order valence-electron chi connectivity index (χ3n) is 7.03. The number of carbonyl (C=O) groups excluding carboxylic acids is 2. The smallest absolute Gasteiger partial charge is 0.233 e. The molecule has 1 amide bonds. The number of nitrogens with zero attached hydrogens (tertiary/aromatic N) is 4. The van der Waals surface area contributed by atoms with Crippen molar-refractivity contribution < 1.29 is 19.1 Å². The molecule has 0 spiro atoms. The Morgan fingerprint density at radius 3 is 2.05 bits per heavy atom. The van der Waals surface area contributed by atoms with Crippen LogP contribution in [0.15, 0.2) is 60.7 Å². The van der Waals surface area contributed by atoms with Crippen molar-refractivity contribution in [2.24, 2.45) is 0 Å². The molecule has 8 heteroatoms. The van der Waals surface area contributed by atoms with E-state index < -0.39 is 0 Å². The van der Waals surface area contributed by atoms with E-state index in [4.69, 9.17) is 14.5 Å². The zero-order valence-electron chi connectivity index (χ0n) is 22.2. The lowest BCUT2D eigenvalue weighted by Gasteiger charge is -2.26. The van der Waals surface area contributed by atoms with E-state index in [0.29, 0.717) is 26.2 Å². The van der Waals surface area contributed by atoms with E-state index in [1.54, 1.807) is 30.6 Å². The van der Waals surface area contributed by atoms with Crippen LogP contribution >= 0.6 is 0 Å². The second-order valence-corrected chi connectivity index (χ2v) is 9.64. The van der Waals surface area contributed by atoms with Gasteiger partial charge in [-0.05, 0) is 60.0 Å². The molecular weight excluding hydrogens is 480 g/mol. The van der Waals surface area contributed by atoms with Gasteiger partial charge >= 0.3 is 0 Å². The fraction of sp³-hybridized carbons (Fsp3) is 0.300. The molecule has 196 valence electrons. The van der Waals surface area contributed by atoms with Gasteiger partial charge in [-0.2, -0.15) is 0 Å². The van der Waals surface area contributed by atoms with Gasteiger partial charge in [-0.3, -0.25) is 14.2 Å². The number of benzene rings is 2. The molecule has 0 saturated heterocycles. The lowest BCUT2D eigenvalue weighted by molar-refractivity contribution is -0.129. The summed E-state index contributed by atoms with van der Waals surface area (Å²) in [5.74, 6) is 2.42. The van der Waals surface area contributed by atoms with Gasteiger partial charge in [-0.25, -0.2) is 4.98 Å². The number of fused-ring (bicyclic) bond motifs is 3. The third-order valence-corrected chi connectivity index (χ3v) is 7.03. The first-order chi connectivity index (χ1) is 18.4. The highest BCUT2D eigenvalue weighted by molar-refractivity contribution is 5.94. The van der Waals surface area contributed by atoms with E-state index in [-0.39, 0.29) is 18.2 Å². The van der Waals surface area contributed by atoms with Crippen molar-refractivity contribution in [2.75, 3.05) is 25.7 Å². The number of hydrogen-bond acceptors (Lipinski definition) is 6. The Balaban J connectivity index is 1.55. The Bertz CT molecular complexity index is 1430. The number of rotatable bonds is 7. The molecule has 1 aliphatic rings. The molecule has 3 heterocycles. The zero-order chi connectivity index (χ0) is 26.8. The highest BCUT2D eigenvalue weighted by Gasteiger charge is 2.25. The van der Waals surface area contributed by atoms with Crippen molar-refractivity contribution in [3.05, 3.63) is 83.0 Å². The summed E-state index contributed by atoms with van der Waals surface area (Å²) in [6, 6.07) is 20.1. The molecule has 8 nitrogen and oxygen atoms in total. The minimum Gasteiger partial charge on any atom is -0.497 e. The van der Waals surface area contributed by atoms with E-state index >= 15 is 0 Å². The minimum atomic E-state index is -0.0357. The van der Waals surface area contributed by atoms with Gasteiger partial charge in [-0.15, -0.1) is 0 Å². The van der Waals surface area contributed by atoms with Gasteiger partial charge in [0.25, 0.3) is 0 Å². The molecule has 38 heavy (non-hydrogen) atoms. The first kappa shape index (κ1) is 25.3. The van der Waals surface area contributed by atoms with Crippen molar-refractivity contribution in [1.29, 1.82) is 0 Å². The summed E-state index contributed by atoms with van der Waals surface area (Å²) in [6.45, 7) is 5.67. The Morgan fingerprint density at radius 2 is 1.53 bits per heavy atom. The van der Waals surface area contributed by atoms with E-state index in [9.17, 15) is 9.59 Å². The number of pyridine rings is 1. The topological polar surface area (TPSA) is 76.9 Å². The molecular formula is C30H32N4O4. The Hall–Kier alpha value is -4.33. The number of ether oxygens (including phenoxy) is 2. The standard InChI is InChI=1S/C30H32N4O4/c1-20-15-28-27(16-24-19-32(21(2)35)14-13-29(36)34(24)28)31-30(20)33(17-22-5-9-25(37-3)10-6-22)18-23-7-11-26(38-4)12-8-23/h5-12,15-16H,13-14,17-19H2,1-4H3. The molecule has 2 aromatic carbocycles. The fourth-order valence-corrected chi connectivity index (χ4v) is 4.99. The van der Waals surface area contributed by atoms with Crippen LogP contribution in [0.5, 0.6) is 11.5 Å². The molecule has 0 aliphatic carbocycles. The second-order valence-electron chi connectivity index (χ2n) is 9.64. The third kappa shape index (κ3) is 5.07. The molecule has 0 saturated carbocycles. The van der Waals surface area contributed by atoms with Gasteiger partial charge in [0.15, 0.2) is 0 Å². The summed E-state index contributed by atoms with van der Waals surface area (Å²) >= 11 is 0. The van der Waals surface area contributed by atoms with Gasteiger partial charge in [0.1, 0.15) is 17.3 Å². The summed E-state index contributed by atoms with van der Waals surface area (Å²) in [4.78, 5) is 34.1. The number of anilines is 1. The highest BCUT2D eigenvalue weighted by Crippen LogP contribution is 2.30. The summed E-state index contributed by atoms with van der Waals surface area (Å²) in [6.07, 6.45) is 0.290. The predicted molar refractivity (Wildman–Crippen MR) is 147 cm³/mol. The zero-order valence-corrected chi connectivity index (χ0v) is 22.2. The first-order valence-corrected chi connectivity index (χ1v) is 12.7. The van der Waals surface area contributed by atoms with Gasteiger partial charge in [0, 0.05) is 38.7 Å². The van der Waals surface area contributed by atoms with Crippen LogP contribution in [0.4, 0.5) is 5.82 Å². The SMILES string of the molecule is COc1ccc(CN(Cc2ccc(OC)cc2)c2nc3cc4n(c3cc2C)C(=O)CCN(C(C)=O)C4)cc1. The normalized spacial score (nSPS) is 13.3. The predicted octanol–water partition coefficient (Wildman–Crippen LogP) is 4.96. The largest absolute Gasteiger partial charge is 0.497 e. The van der Waals surface area contributed by atoms with Gasteiger partial charge < -0.3 is 19.3 Å². The fourth-order valence-electron chi connectivity index (χ4n) is 4.99. The van der Waals surface area contributed by atoms with Crippen LogP contribution in [-0.4, -0.2) is 47.0 Å². The number of aromatic nitrogens is 2. The average Bonchev–Trinajstić information content (AvgIpc) is 3.18. The summed E-state index contributed by atoms with van der Waals surface area (Å²) in [5, 5.41) is 0. The molecule has 0 fully saturated rings. The van der Waals surface area contributed by atoms with E-state index in [0.717, 1.165) is 50.7 Å². The Labute approximate surface area is 222 Å². The second kappa shape index (κ2) is 10.6. The Kier molecular flexibility index (Phi) is 7.05. The maximum absolute atomic E-state index is 13.0. The molecule has 2 aromatic heterocycles. The van der Waals surface area contributed by atoms with Crippen LogP contribution in [0.2, 0.25) is 0 Å². The van der Waals surface area contributed by atoms with Crippen LogP contribution < -0.4 is 14.4 Å². The molecule has 0 radical (unpaired) electrons. The number of carbonyl (C=O) groups is 2. The highest BCUT2D eigenvalue weighted by atomic mass is 16.5. The molecule has 4 aromatic rings. The summed E-state index contributed by atoms with van der Waals surface area (Å²) in [5.41, 5.74) is 5.54. The number of amides is 1. The van der Waals surface area contributed by atoms with Gasteiger partial charge in [0.05, 0.1) is 31.8 Å². The number of hydrogen-bond donors (Lipinski definition) is 0. The lowest BCUT2D eigenvalue weighted by Crippen LogP contribution is -2.28. The van der Waals surface area contributed by atoms with Crippen LogP contribution in [0.3, 0.4) is 0 Å². The van der Waals surface area contributed by atoms with E-state index in [1.165, 1.54) is 0 Å². The minimum absolute atomic E-state index is 0.0129. The van der Waals surface area contributed by atoms with Crippen LogP contribution in [0, 0.1) is 6.92 Å². The monoisotopic (exact) mass is 512 g/mol.